The molecule has 68 valence electrons. The van der Waals surface area contributed by atoms with Crippen LogP contribution in [-0.4, -0.2) is 15.2 Å². The van der Waals surface area contributed by atoms with Gasteiger partial charge in [-0.25, -0.2) is 10.4 Å². The quantitative estimate of drug-likeness (QED) is 0.490. The maximum atomic E-state index is 5.43. The van der Waals surface area contributed by atoms with Crippen LogP contribution in [0, 0.1) is 0 Å². The van der Waals surface area contributed by atoms with E-state index in [0.29, 0.717) is 0 Å². The van der Waals surface area contributed by atoms with Gasteiger partial charge < -0.3 is 0 Å². The molecule has 0 aliphatic heterocycles. The number of nitrogens with two attached hydrogens (primary N) is 1. The van der Waals surface area contributed by atoms with Gasteiger partial charge in [0.25, 0.3) is 0 Å². The van der Waals surface area contributed by atoms with E-state index in [9.17, 15) is 0 Å². The van der Waals surface area contributed by atoms with Gasteiger partial charge in [-0.15, -0.1) is 11.3 Å². The Bertz CT molecular complexity index is 307. The highest BCUT2D eigenvalue weighted by Crippen LogP contribution is 2.19. The van der Waals surface area contributed by atoms with E-state index in [1.165, 1.54) is 0 Å². The number of nitrogens with one attached hydrogen (secondary N) is 2. The molecular weight excluding hydrogens is 186 g/mol. The summed E-state index contributed by atoms with van der Waals surface area (Å²) in [5.41, 5.74) is 6.36. The summed E-state index contributed by atoms with van der Waals surface area (Å²) in [6, 6.07) is -0.0787. The van der Waals surface area contributed by atoms with Gasteiger partial charge in [-0.2, -0.15) is 5.10 Å². The Labute approximate surface area is 79.0 Å². The van der Waals surface area contributed by atoms with Gasteiger partial charge in [0.15, 0.2) is 0 Å². The Morgan fingerprint density at radius 1 is 1.62 bits per heavy atom. The van der Waals surface area contributed by atoms with Crippen molar-refractivity contribution >= 4 is 11.3 Å². The molecule has 0 bridgehead atoms. The second-order valence-electron chi connectivity index (χ2n) is 2.54. The van der Waals surface area contributed by atoms with Crippen molar-refractivity contribution in [3.8, 4) is 0 Å². The average Bonchev–Trinajstić information content (AvgIpc) is 2.76. The summed E-state index contributed by atoms with van der Waals surface area (Å²) in [5, 5.41) is 8.55. The minimum absolute atomic E-state index is 0.0787. The molecule has 1 atom stereocenters. The summed E-state index contributed by atoms with van der Waals surface area (Å²) in [6.07, 6.45) is 3.52. The van der Waals surface area contributed by atoms with Crippen LogP contribution in [-0.2, 0) is 0 Å². The van der Waals surface area contributed by atoms with Crippen molar-refractivity contribution in [2.45, 2.75) is 6.04 Å². The van der Waals surface area contributed by atoms with Gasteiger partial charge in [0.1, 0.15) is 0 Å². The van der Waals surface area contributed by atoms with Gasteiger partial charge >= 0.3 is 0 Å². The maximum Gasteiger partial charge on any atom is 0.0920 e. The van der Waals surface area contributed by atoms with Crippen molar-refractivity contribution < 1.29 is 0 Å². The van der Waals surface area contributed by atoms with Gasteiger partial charge in [-0.3, -0.25) is 10.9 Å². The lowest BCUT2D eigenvalue weighted by Gasteiger charge is -2.10. The number of hydrogen-bond donors (Lipinski definition) is 3. The highest BCUT2D eigenvalue weighted by molar-refractivity contribution is 7.07. The third-order valence-electron chi connectivity index (χ3n) is 1.77. The minimum Gasteiger partial charge on any atom is -0.285 e. The van der Waals surface area contributed by atoms with Gasteiger partial charge in [-0.1, -0.05) is 0 Å². The molecule has 0 amide bonds. The van der Waals surface area contributed by atoms with Crippen LogP contribution in [0.15, 0.2) is 23.3 Å². The summed E-state index contributed by atoms with van der Waals surface area (Å²) in [6.45, 7) is 0. The van der Waals surface area contributed by atoms with E-state index >= 15 is 0 Å². The topological polar surface area (TPSA) is 79.6 Å². The molecule has 2 rings (SSSR count). The minimum atomic E-state index is -0.0787. The average molecular weight is 195 g/mol. The van der Waals surface area contributed by atoms with Gasteiger partial charge in [-0.05, 0) is 0 Å². The molecule has 5 nitrogen and oxygen atoms in total. The molecule has 13 heavy (non-hydrogen) atoms. The van der Waals surface area contributed by atoms with E-state index in [-0.39, 0.29) is 6.04 Å². The molecule has 0 aliphatic rings. The number of hydrogen-bond acceptors (Lipinski definition) is 5. The van der Waals surface area contributed by atoms with E-state index in [2.05, 4.69) is 20.6 Å². The lowest BCUT2D eigenvalue weighted by molar-refractivity contribution is 0.624. The Hall–Kier alpha value is -1.24. The Balaban J connectivity index is 2.29. The molecule has 1 unspecified atom stereocenters. The number of nitrogens with zero attached hydrogens (tertiary/aromatic N) is 2. The number of hydrazine groups is 1. The molecule has 0 saturated heterocycles. The van der Waals surface area contributed by atoms with Crippen LogP contribution in [0.25, 0.3) is 0 Å². The zero-order valence-corrected chi connectivity index (χ0v) is 7.58. The molecule has 2 aromatic heterocycles. The lowest BCUT2D eigenvalue weighted by atomic mass is 10.1. The van der Waals surface area contributed by atoms with E-state index in [4.69, 9.17) is 5.84 Å². The van der Waals surface area contributed by atoms with Crippen LogP contribution in [0.4, 0.5) is 0 Å². The molecule has 4 N–H and O–H groups in total. The normalized spacial score (nSPS) is 13.0. The summed E-state index contributed by atoms with van der Waals surface area (Å²) in [4.78, 5) is 4.18. The van der Waals surface area contributed by atoms with Gasteiger partial charge in [0.2, 0.25) is 0 Å². The standard InChI is InChI=1S/C7H9N5S/c8-12-7(5-1-10-11-2-5)6-3-13-4-9-6/h1-4,7,12H,8H2,(H,10,11). The van der Waals surface area contributed by atoms with Crippen LogP contribution in [0.5, 0.6) is 0 Å². The molecule has 0 spiro atoms. The smallest absolute Gasteiger partial charge is 0.0920 e. The number of aromatic amines is 1. The lowest BCUT2D eigenvalue weighted by Crippen LogP contribution is -2.28. The van der Waals surface area contributed by atoms with E-state index in [1.54, 1.807) is 29.2 Å². The predicted molar refractivity (Wildman–Crippen MR) is 49.9 cm³/mol. The second kappa shape index (κ2) is 3.65. The largest absolute Gasteiger partial charge is 0.285 e. The van der Waals surface area contributed by atoms with Gasteiger partial charge in [0, 0.05) is 17.1 Å². The summed E-state index contributed by atoms with van der Waals surface area (Å²) in [5.74, 6) is 5.43. The Morgan fingerprint density at radius 3 is 3.08 bits per heavy atom. The zero-order chi connectivity index (χ0) is 9.10. The maximum absolute atomic E-state index is 5.43. The fraction of sp³-hybridized carbons (Fsp3) is 0.143. The first-order valence-corrected chi connectivity index (χ1v) is 4.69. The molecule has 0 aliphatic carbocycles. The first-order chi connectivity index (χ1) is 6.42. The summed E-state index contributed by atoms with van der Waals surface area (Å²) in [7, 11) is 0. The Morgan fingerprint density at radius 2 is 2.54 bits per heavy atom. The zero-order valence-electron chi connectivity index (χ0n) is 6.77. The summed E-state index contributed by atoms with van der Waals surface area (Å²) >= 11 is 1.54. The fourth-order valence-electron chi connectivity index (χ4n) is 1.14. The monoisotopic (exact) mass is 195 g/mol. The molecule has 0 aromatic carbocycles. The molecule has 0 radical (unpaired) electrons. The summed E-state index contributed by atoms with van der Waals surface area (Å²) < 4.78 is 0. The third kappa shape index (κ3) is 1.59. The van der Waals surface area contributed by atoms with Crippen molar-refractivity contribution in [1.29, 1.82) is 0 Å². The van der Waals surface area contributed by atoms with E-state index in [1.807, 2.05) is 5.38 Å². The SMILES string of the molecule is NNC(c1cn[nH]c1)c1cscn1. The first-order valence-electron chi connectivity index (χ1n) is 3.74. The molecule has 2 heterocycles. The van der Waals surface area contributed by atoms with Crippen LogP contribution >= 0.6 is 11.3 Å². The van der Waals surface area contributed by atoms with Crippen LogP contribution < -0.4 is 11.3 Å². The molecule has 0 fully saturated rings. The van der Waals surface area contributed by atoms with Crippen molar-refractivity contribution in [2.24, 2.45) is 5.84 Å². The van der Waals surface area contributed by atoms with Crippen molar-refractivity contribution in [2.75, 3.05) is 0 Å². The van der Waals surface area contributed by atoms with Crippen molar-refractivity contribution in [1.82, 2.24) is 20.6 Å². The molecular formula is C7H9N5S. The third-order valence-corrected chi connectivity index (χ3v) is 2.37. The number of rotatable bonds is 3. The van der Waals surface area contributed by atoms with Gasteiger partial charge in [0.05, 0.1) is 23.4 Å². The van der Waals surface area contributed by atoms with Crippen LogP contribution in [0.3, 0.4) is 0 Å². The van der Waals surface area contributed by atoms with E-state index in [0.717, 1.165) is 11.3 Å². The van der Waals surface area contributed by atoms with Crippen LogP contribution in [0.1, 0.15) is 17.3 Å². The highest BCUT2D eigenvalue weighted by Gasteiger charge is 2.14. The number of H-pyrrole nitrogens is 1. The second-order valence-corrected chi connectivity index (χ2v) is 3.26. The first kappa shape index (κ1) is 8.36. The predicted octanol–water partition coefficient (Wildman–Crippen LogP) is 0.419. The highest BCUT2D eigenvalue weighted by atomic mass is 32.1. The van der Waals surface area contributed by atoms with Crippen LogP contribution in [0.2, 0.25) is 0 Å². The fourth-order valence-corrected chi connectivity index (χ4v) is 1.72. The molecule has 2 aromatic rings. The van der Waals surface area contributed by atoms with E-state index < -0.39 is 0 Å². The number of thiazole rings is 1. The number of aromatic nitrogens is 3. The van der Waals surface area contributed by atoms with Crippen molar-refractivity contribution in [3.05, 3.63) is 34.5 Å². The Kier molecular flexibility index (Phi) is 2.35. The van der Waals surface area contributed by atoms with Crippen molar-refractivity contribution in [3.63, 3.8) is 0 Å². The molecule has 6 heteroatoms. The molecule has 0 saturated carbocycles.